The summed E-state index contributed by atoms with van der Waals surface area (Å²) in [5.41, 5.74) is 0. The second-order valence-corrected chi connectivity index (χ2v) is 13.7. The first-order valence-corrected chi connectivity index (χ1v) is 20.5. The number of ether oxygens (including phenoxy) is 4. The Hall–Kier alpha value is -2.37. The summed E-state index contributed by atoms with van der Waals surface area (Å²) >= 11 is 0. The molecule has 0 aromatic rings. The maximum atomic E-state index is 12.7. The lowest BCUT2D eigenvalue weighted by molar-refractivity contribution is -0.305. The lowest BCUT2D eigenvalue weighted by Crippen LogP contribution is -2.59. The van der Waals surface area contributed by atoms with Crippen molar-refractivity contribution in [3.05, 3.63) is 72.9 Å². The number of esters is 1. The molecule has 6 atom stereocenters. The molecule has 0 aromatic carbocycles. The number of allylic oxidation sites excluding steroid dienone is 12. The van der Waals surface area contributed by atoms with E-state index in [4.69, 9.17) is 18.9 Å². The van der Waals surface area contributed by atoms with Crippen LogP contribution in [-0.4, -0.2) is 89.6 Å². The van der Waals surface area contributed by atoms with Gasteiger partial charge in [0.05, 0.1) is 19.8 Å². The first kappa shape index (κ1) is 48.6. The molecule has 53 heavy (non-hydrogen) atoms. The van der Waals surface area contributed by atoms with E-state index >= 15 is 0 Å². The van der Waals surface area contributed by atoms with Crippen molar-refractivity contribution in [1.82, 2.24) is 0 Å². The third-order valence-electron chi connectivity index (χ3n) is 8.86. The molecule has 0 aliphatic carbocycles. The lowest BCUT2D eigenvalue weighted by Gasteiger charge is -2.39. The second-order valence-electron chi connectivity index (χ2n) is 13.7. The summed E-state index contributed by atoms with van der Waals surface area (Å²) in [6, 6.07) is 0. The fraction of sp³-hybridized carbons (Fsp3) is 0.705. The van der Waals surface area contributed by atoms with Gasteiger partial charge in [-0.2, -0.15) is 0 Å². The van der Waals surface area contributed by atoms with Gasteiger partial charge in [-0.15, -0.1) is 0 Å². The second kappa shape index (κ2) is 35.3. The summed E-state index contributed by atoms with van der Waals surface area (Å²) < 4.78 is 22.6. The standard InChI is InChI=1S/C44H74O9/c1-3-5-7-9-11-13-15-17-19-20-21-23-25-27-29-31-33-40(46)52-38(37-51-44-43(49)42(48)41(47)39(35-45)53-44)36-50-34-32-30-28-26-24-22-18-16-14-12-10-8-6-4-2/h6,8,12-15,18-20,22,26,28,38-39,41-45,47-49H,3-5,7,9-11,16-17,21,23-25,27,29-37H2,1-2H3/b8-6-,14-12-,15-13-,20-19-,22-18-,28-26-. The van der Waals surface area contributed by atoms with Crippen molar-refractivity contribution >= 4 is 5.97 Å². The van der Waals surface area contributed by atoms with Crippen LogP contribution in [0.2, 0.25) is 0 Å². The maximum absolute atomic E-state index is 12.7. The van der Waals surface area contributed by atoms with Gasteiger partial charge in [0.25, 0.3) is 0 Å². The third-order valence-corrected chi connectivity index (χ3v) is 8.86. The van der Waals surface area contributed by atoms with E-state index in [2.05, 4.69) is 86.8 Å². The largest absolute Gasteiger partial charge is 0.457 e. The molecule has 1 rings (SSSR count). The van der Waals surface area contributed by atoms with Crippen LogP contribution in [0.3, 0.4) is 0 Å². The monoisotopic (exact) mass is 747 g/mol. The summed E-state index contributed by atoms with van der Waals surface area (Å²) in [4.78, 5) is 12.7. The average Bonchev–Trinajstić information content (AvgIpc) is 3.16. The Morgan fingerprint density at radius 3 is 1.74 bits per heavy atom. The van der Waals surface area contributed by atoms with Crippen LogP contribution in [0.25, 0.3) is 0 Å². The van der Waals surface area contributed by atoms with Crippen molar-refractivity contribution in [1.29, 1.82) is 0 Å². The van der Waals surface area contributed by atoms with Gasteiger partial charge >= 0.3 is 5.97 Å². The van der Waals surface area contributed by atoms with Crippen LogP contribution in [0.4, 0.5) is 0 Å². The minimum absolute atomic E-state index is 0.0969. The zero-order chi connectivity index (χ0) is 38.6. The van der Waals surface area contributed by atoms with Gasteiger partial charge in [-0.1, -0.05) is 125 Å². The molecular weight excluding hydrogens is 672 g/mol. The zero-order valence-corrected chi connectivity index (χ0v) is 33.0. The minimum Gasteiger partial charge on any atom is -0.457 e. The first-order chi connectivity index (χ1) is 25.9. The van der Waals surface area contributed by atoms with E-state index in [0.29, 0.717) is 6.61 Å². The number of rotatable bonds is 33. The lowest BCUT2D eigenvalue weighted by atomic mass is 9.99. The van der Waals surface area contributed by atoms with Crippen molar-refractivity contribution in [3.8, 4) is 0 Å². The molecule has 1 saturated heterocycles. The predicted molar refractivity (Wildman–Crippen MR) is 214 cm³/mol. The van der Waals surface area contributed by atoms with Crippen LogP contribution in [0.5, 0.6) is 0 Å². The van der Waals surface area contributed by atoms with E-state index in [0.717, 1.165) is 83.5 Å². The average molecular weight is 747 g/mol. The molecule has 304 valence electrons. The molecule has 0 saturated carbocycles. The van der Waals surface area contributed by atoms with E-state index in [9.17, 15) is 25.2 Å². The minimum atomic E-state index is -1.55. The highest BCUT2D eigenvalue weighted by atomic mass is 16.7. The molecular formula is C44H74O9. The van der Waals surface area contributed by atoms with E-state index in [1.807, 2.05) is 0 Å². The molecule has 0 aromatic heterocycles. The number of hydrogen-bond acceptors (Lipinski definition) is 9. The van der Waals surface area contributed by atoms with Gasteiger partial charge < -0.3 is 39.4 Å². The molecule has 0 bridgehead atoms. The first-order valence-electron chi connectivity index (χ1n) is 20.5. The van der Waals surface area contributed by atoms with Crippen LogP contribution in [-0.2, 0) is 23.7 Å². The highest BCUT2D eigenvalue weighted by Crippen LogP contribution is 2.22. The Morgan fingerprint density at radius 1 is 0.623 bits per heavy atom. The van der Waals surface area contributed by atoms with E-state index < -0.39 is 43.4 Å². The molecule has 1 fully saturated rings. The van der Waals surface area contributed by atoms with Crippen molar-refractivity contribution < 1.29 is 44.2 Å². The predicted octanol–water partition coefficient (Wildman–Crippen LogP) is 8.52. The molecule has 0 radical (unpaired) electrons. The maximum Gasteiger partial charge on any atom is 0.306 e. The van der Waals surface area contributed by atoms with Gasteiger partial charge in [0.1, 0.15) is 30.5 Å². The summed E-state index contributed by atoms with van der Waals surface area (Å²) in [7, 11) is 0. The summed E-state index contributed by atoms with van der Waals surface area (Å²) in [5, 5.41) is 40.0. The Labute approximate surface area is 321 Å². The molecule has 1 aliphatic rings. The van der Waals surface area contributed by atoms with Crippen LogP contribution in [0.15, 0.2) is 72.9 Å². The third kappa shape index (κ3) is 27.0. The molecule has 4 N–H and O–H groups in total. The van der Waals surface area contributed by atoms with Crippen LogP contribution < -0.4 is 0 Å². The Balaban J connectivity index is 2.37. The number of carbonyl (C=O) groups excluding carboxylic acids is 1. The SMILES string of the molecule is CC/C=C\C/C=C\C/C=C\C/C=C\CCCOCC(COC1OC(CO)C(O)C(O)C1O)OC(=O)CCCCCCC/C=C\C/C=C\CCCCCC. The van der Waals surface area contributed by atoms with Crippen LogP contribution in [0, 0.1) is 0 Å². The summed E-state index contributed by atoms with van der Waals surface area (Å²) in [5.74, 6) is -0.350. The number of aliphatic hydroxyl groups excluding tert-OH is 4. The van der Waals surface area contributed by atoms with Crippen LogP contribution in [0.1, 0.15) is 136 Å². The number of unbranched alkanes of at least 4 members (excludes halogenated alkanes) is 10. The van der Waals surface area contributed by atoms with Gasteiger partial charge in [-0.05, 0) is 77.0 Å². The van der Waals surface area contributed by atoms with Crippen LogP contribution >= 0.6 is 0 Å². The van der Waals surface area contributed by atoms with Crippen molar-refractivity contribution in [2.75, 3.05) is 26.4 Å². The number of carbonyl (C=O) groups is 1. The van der Waals surface area contributed by atoms with Gasteiger partial charge in [-0.3, -0.25) is 4.79 Å². The Bertz CT molecular complexity index is 1030. The fourth-order valence-corrected chi connectivity index (χ4v) is 5.64. The van der Waals surface area contributed by atoms with Crippen molar-refractivity contribution in [3.63, 3.8) is 0 Å². The van der Waals surface area contributed by atoms with Gasteiger partial charge in [0.15, 0.2) is 6.29 Å². The molecule has 9 heteroatoms. The summed E-state index contributed by atoms with van der Waals surface area (Å²) in [6.07, 6.45) is 37.9. The molecule has 0 amide bonds. The molecule has 9 nitrogen and oxygen atoms in total. The Morgan fingerprint density at radius 2 is 1.15 bits per heavy atom. The number of aliphatic hydroxyl groups is 4. The van der Waals surface area contributed by atoms with Crippen molar-refractivity contribution in [2.45, 2.75) is 173 Å². The van der Waals surface area contributed by atoms with E-state index in [1.165, 1.54) is 32.1 Å². The highest BCUT2D eigenvalue weighted by molar-refractivity contribution is 5.69. The molecule has 0 spiro atoms. The van der Waals surface area contributed by atoms with E-state index in [1.54, 1.807) is 0 Å². The quantitative estimate of drug-likeness (QED) is 0.0296. The fourth-order valence-electron chi connectivity index (χ4n) is 5.64. The van der Waals surface area contributed by atoms with E-state index in [-0.39, 0.29) is 25.6 Å². The molecule has 6 unspecified atom stereocenters. The Kier molecular flexibility index (Phi) is 32.4. The highest BCUT2D eigenvalue weighted by Gasteiger charge is 2.44. The number of hydrogen-bond donors (Lipinski definition) is 4. The van der Waals surface area contributed by atoms with Gasteiger partial charge in [0, 0.05) is 13.0 Å². The van der Waals surface area contributed by atoms with Gasteiger partial charge in [0.2, 0.25) is 0 Å². The van der Waals surface area contributed by atoms with Crippen molar-refractivity contribution in [2.24, 2.45) is 0 Å². The van der Waals surface area contributed by atoms with Gasteiger partial charge in [-0.25, -0.2) is 0 Å². The summed E-state index contributed by atoms with van der Waals surface area (Å²) in [6.45, 7) is 4.23. The molecule has 1 heterocycles. The normalized spacial score (nSPS) is 21.8. The smallest absolute Gasteiger partial charge is 0.306 e. The zero-order valence-electron chi connectivity index (χ0n) is 33.0. The topological polar surface area (TPSA) is 135 Å². The molecule has 1 aliphatic heterocycles.